The van der Waals surface area contributed by atoms with E-state index in [1.165, 1.54) is 44.5 Å². The van der Waals surface area contributed by atoms with Crippen molar-refractivity contribution < 1.29 is 45.4 Å². The summed E-state index contributed by atoms with van der Waals surface area (Å²) in [5, 5.41) is 4.52. The summed E-state index contributed by atoms with van der Waals surface area (Å²) in [6.07, 6.45) is -10.1. The van der Waals surface area contributed by atoms with Crippen molar-refractivity contribution in [2.45, 2.75) is 44.1 Å². The molecule has 38 heavy (non-hydrogen) atoms. The van der Waals surface area contributed by atoms with E-state index in [9.17, 15) is 35.9 Å². The van der Waals surface area contributed by atoms with Crippen LogP contribution in [0.5, 0.6) is 11.5 Å². The van der Waals surface area contributed by atoms with Gasteiger partial charge in [-0.1, -0.05) is 12.1 Å². The van der Waals surface area contributed by atoms with Gasteiger partial charge in [-0.25, -0.2) is 0 Å². The van der Waals surface area contributed by atoms with Gasteiger partial charge in [-0.2, -0.15) is 26.3 Å². The van der Waals surface area contributed by atoms with Crippen LogP contribution < -0.4 is 20.1 Å². The second kappa shape index (κ2) is 11.3. The lowest BCUT2D eigenvalue weighted by atomic mass is 9.77. The summed E-state index contributed by atoms with van der Waals surface area (Å²) in [6, 6.07) is 7.50. The van der Waals surface area contributed by atoms with E-state index in [4.69, 9.17) is 9.47 Å². The van der Waals surface area contributed by atoms with Crippen LogP contribution in [-0.2, 0) is 15.1 Å². The van der Waals surface area contributed by atoms with E-state index >= 15 is 0 Å². The number of benzene rings is 1. The second-order valence-corrected chi connectivity index (χ2v) is 8.58. The van der Waals surface area contributed by atoms with Crippen LogP contribution in [0.25, 0.3) is 5.57 Å². The smallest absolute Gasteiger partial charge is 0.416 e. The summed E-state index contributed by atoms with van der Waals surface area (Å²) in [7, 11) is 1.39. The molecular weight excluding hydrogens is 520 g/mol. The lowest BCUT2D eigenvalue weighted by Crippen LogP contribution is -2.59. The van der Waals surface area contributed by atoms with Crippen LogP contribution in [0, 0.1) is 0 Å². The van der Waals surface area contributed by atoms with Crippen LogP contribution in [-0.4, -0.2) is 49.4 Å². The minimum Gasteiger partial charge on any atom is -0.495 e. The summed E-state index contributed by atoms with van der Waals surface area (Å²) >= 11 is 0. The quantitative estimate of drug-likeness (QED) is 0.353. The minimum absolute atomic E-state index is 0.0186. The molecule has 1 atom stereocenters. The molecule has 3 rings (SSSR count). The van der Waals surface area contributed by atoms with Crippen LogP contribution in [0.15, 0.2) is 48.2 Å². The van der Waals surface area contributed by atoms with Gasteiger partial charge in [-0.15, -0.1) is 0 Å². The SMILES string of the molecule is COc1ccc(C2=C(CNC(C)=O)C(=O)N[C@@](c3ccc(OCCCC(F)(F)F)cc3)(C(F)(F)F)C2)nc1. The Hall–Kier alpha value is -3.77. The summed E-state index contributed by atoms with van der Waals surface area (Å²) in [6.45, 7) is 0.616. The fourth-order valence-electron chi connectivity index (χ4n) is 3.95. The second-order valence-electron chi connectivity index (χ2n) is 8.58. The van der Waals surface area contributed by atoms with Gasteiger partial charge in [0.05, 0.1) is 25.6 Å². The maximum Gasteiger partial charge on any atom is 0.416 e. The van der Waals surface area contributed by atoms with E-state index in [2.05, 4.69) is 15.6 Å². The zero-order valence-electron chi connectivity index (χ0n) is 20.4. The predicted octanol–water partition coefficient (Wildman–Crippen LogP) is 4.68. The maximum atomic E-state index is 14.7. The molecular formula is C25H25F6N3O4. The molecule has 1 aliphatic rings. The average molecular weight is 545 g/mol. The summed E-state index contributed by atoms with van der Waals surface area (Å²) in [4.78, 5) is 28.7. The standard InChI is InChI=1S/C25H25F6N3O4/c1-15(35)32-14-20-19(21-9-8-18(37-2)13-33-21)12-23(25(29,30)31,34-22(20)36)16-4-6-17(7-5-16)38-11-3-10-24(26,27)28/h4-9,13H,3,10-12,14H2,1-2H3,(H,32,35)(H,34,36)/t23-/m0/s1. The van der Waals surface area contributed by atoms with Gasteiger partial charge in [0.2, 0.25) is 11.8 Å². The third kappa shape index (κ3) is 6.75. The van der Waals surface area contributed by atoms with Crippen LogP contribution in [0.1, 0.15) is 37.4 Å². The first kappa shape index (κ1) is 28.8. The Labute approximate surface area is 214 Å². The number of nitrogens with zero attached hydrogens (tertiary/aromatic N) is 1. The van der Waals surface area contributed by atoms with E-state index in [1.807, 2.05) is 0 Å². The number of hydrogen-bond donors (Lipinski definition) is 2. The van der Waals surface area contributed by atoms with Crippen molar-refractivity contribution in [1.82, 2.24) is 15.6 Å². The highest BCUT2D eigenvalue weighted by molar-refractivity contribution is 6.04. The molecule has 0 aliphatic carbocycles. The molecule has 0 fully saturated rings. The van der Waals surface area contributed by atoms with Gasteiger partial charge in [-0.3, -0.25) is 14.6 Å². The highest BCUT2D eigenvalue weighted by Crippen LogP contribution is 2.48. The Balaban J connectivity index is 1.98. The van der Waals surface area contributed by atoms with Gasteiger partial charge in [0.1, 0.15) is 11.5 Å². The largest absolute Gasteiger partial charge is 0.495 e. The van der Waals surface area contributed by atoms with Gasteiger partial charge in [0.25, 0.3) is 0 Å². The van der Waals surface area contributed by atoms with E-state index in [0.29, 0.717) is 5.75 Å². The van der Waals surface area contributed by atoms with Gasteiger partial charge in [0.15, 0.2) is 5.54 Å². The Kier molecular flexibility index (Phi) is 8.58. The van der Waals surface area contributed by atoms with E-state index in [-0.39, 0.29) is 47.7 Å². The van der Waals surface area contributed by atoms with Gasteiger partial charge >= 0.3 is 12.4 Å². The van der Waals surface area contributed by atoms with Crippen LogP contribution in [0.3, 0.4) is 0 Å². The summed E-state index contributed by atoms with van der Waals surface area (Å²) in [5.41, 5.74) is -3.17. The highest BCUT2D eigenvalue weighted by Gasteiger charge is 2.59. The molecule has 2 aromatic rings. The third-order valence-electron chi connectivity index (χ3n) is 5.91. The van der Waals surface area contributed by atoms with Crippen molar-refractivity contribution in [2.75, 3.05) is 20.3 Å². The molecule has 0 spiro atoms. The van der Waals surface area contributed by atoms with Gasteiger partial charge in [0, 0.05) is 31.9 Å². The van der Waals surface area contributed by atoms with Crippen molar-refractivity contribution in [3.05, 3.63) is 59.4 Å². The fraction of sp³-hybridized carbons (Fsp3) is 0.400. The minimum atomic E-state index is -4.96. The third-order valence-corrected chi connectivity index (χ3v) is 5.91. The Morgan fingerprint density at radius 1 is 1.08 bits per heavy atom. The number of alkyl halides is 6. The Morgan fingerprint density at radius 2 is 1.74 bits per heavy atom. The van der Waals surface area contributed by atoms with Crippen molar-refractivity contribution in [3.8, 4) is 11.5 Å². The van der Waals surface area contributed by atoms with Crippen molar-refractivity contribution >= 4 is 17.4 Å². The molecule has 206 valence electrons. The number of carbonyl (C=O) groups is 2. The molecule has 2 heterocycles. The number of hydrogen-bond acceptors (Lipinski definition) is 5. The predicted molar refractivity (Wildman–Crippen MR) is 124 cm³/mol. The molecule has 2 amide bonds. The lowest BCUT2D eigenvalue weighted by molar-refractivity contribution is -0.201. The molecule has 13 heteroatoms. The van der Waals surface area contributed by atoms with Crippen molar-refractivity contribution in [2.24, 2.45) is 0 Å². The lowest BCUT2D eigenvalue weighted by Gasteiger charge is -2.41. The van der Waals surface area contributed by atoms with Crippen molar-refractivity contribution in [3.63, 3.8) is 0 Å². The fourth-order valence-corrected chi connectivity index (χ4v) is 3.95. The topological polar surface area (TPSA) is 89.5 Å². The molecule has 0 saturated heterocycles. The first-order valence-electron chi connectivity index (χ1n) is 11.4. The van der Waals surface area contributed by atoms with E-state index in [0.717, 1.165) is 12.1 Å². The number of amides is 2. The summed E-state index contributed by atoms with van der Waals surface area (Å²) < 4.78 is 91.2. The normalized spacial score (nSPS) is 18.2. The van der Waals surface area contributed by atoms with Crippen LogP contribution in [0.4, 0.5) is 26.3 Å². The molecule has 2 N–H and O–H groups in total. The molecule has 0 radical (unpaired) electrons. The molecule has 1 aromatic heterocycles. The molecule has 1 aliphatic heterocycles. The number of methoxy groups -OCH3 is 1. The number of rotatable bonds is 9. The Morgan fingerprint density at radius 3 is 2.26 bits per heavy atom. The van der Waals surface area contributed by atoms with Gasteiger partial charge < -0.3 is 20.1 Å². The molecule has 0 bridgehead atoms. The highest BCUT2D eigenvalue weighted by atomic mass is 19.4. The zero-order chi connectivity index (χ0) is 28.1. The molecule has 0 saturated carbocycles. The monoisotopic (exact) mass is 545 g/mol. The Bertz CT molecular complexity index is 1180. The van der Waals surface area contributed by atoms with Crippen LogP contribution >= 0.6 is 0 Å². The van der Waals surface area contributed by atoms with E-state index in [1.54, 1.807) is 0 Å². The number of carbonyl (C=O) groups excluding carboxylic acids is 2. The zero-order valence-corrected chi connectivity index (χ0v) is 20.4. The average Bonchev–Trinajstić information content (AvgIpc) is 2.84. The van der Waals surface area contributed by atoms with Crippen LogP contribution in [0.2, 0.25) is 0 Å². The number of aromatic nitrogens is 1. The number of nitrogens with one attached hydrogen (secondary N) is 2. The van der Waals surface area contributed by atoms with E-state index < -0.39 is 42.5 Å². The number of halogens is 6. The first-order valence-corrected chi connectivity index (χ1v) is 11.4. The molecule has 7 nitrogen and oxygen atoms in total. The number of ether oxygens (including phenoxy) is 2. The van der Waals surface area contributed by atoms with Gasteiger partial charge in [-0.05, 0) is 41.8 Å². The molecule has 1 aromatic carbocycles. The summed E-state index contributed by atoms with van der Waals surface area (Å²) in [5.74, 6) is -1.09. The maximum absolute atomic E-state index is 14.7. The van der Waals surface area contributed by atoms with Crippen molar-refractivity contribution in [1.29, 1.82) is 0 Å². The molecule has 0 unspecified atom stereocenters. The number of pyridine rings is 1. The first-order chi connectivity index (χ1) is 17.8.